The van der Waals surface area contributed by atoms with Gasteiger partial charge >= 0.3 is 0 Å². The Balaban J connectivity index is 2.32. The van der Waals surface area contributed by atoms with E-state index in [9.17, 15) is 8.42 Å². The average molecular weight is 365 g/mol. The quantitative estimate of drug-likeness (QED) is 0.543. The molecule has 20 heavy (non-hydrogen) atoms. The number of hydrogen-bond acceptors (Lipinski definition) is 6. The van der Waals surface area contributed by atoms with Gasteiger partial charge in [0.15, 0.2) is 5.82 Å². The zero-order chi connectivity index (χ0) is 14.8. The predicted octanol–water partition coefficient (Wildman–Crippen LogP) is 0.977. The van der Waals surface area contributed by atoms with Gasteiger partial charge in [-0.2, -0.15) is 0 Å². The summed E-state index contributed by atoms with van der Waals surface area (Å²) in [5.41, 5.74) is 1.68. The standard InChI is InChI=1S/C11H17BrN4O3S/c1-11(3-2-4-19-7-11)16-20(17,18)9-5-8(12)6-14-10(9)15-13/h5-6,16H,2-4,7,13H2,1H3,(H,14,15). The molecule has 0 saturated carbocycles. The SMILES string of the molecule is CC1(NS(=O)(=O)c2cc(Br)cnc2NN)CCCOC1. The first-order valence-corrected chi connectivity index (χ1v) is 8.38. The van der Waals surface area contributed by atoms with Gasteiger partial charge in [-0.15, -0.1) is 0 Å². The van der Waals surface area contributed by atoms with Crippen molar-refractivity contribution in [2.45, 2.75) is 30.2 Å². The molecular weight excluding hydrogens is 348 g/mol. The van der Waals surface area contributed by atoms with Gasteiger partial charge in [0, 0.05) is 17.3 Å². The molecule has 0 amide bonds. The molecule has 1 aliphatic heterocycles. The van der Waals surface area contributed by atoms with Gasteiger partial charge in [0.25, 0.3) is 0 Å². The maximum Gasteiger partial charge on any atom is 0.244 e. The molecule has 1 aromatic rings. The minimum absolute atomic E-state index is 0.00109. The summed E-state index contributed by atoms with van der Waals surface area (Å²) in [6, 6.07) is 1.46. The topological polar surface area (TPSA) is 106 Å². The Morgan fingerprint density at radius 1 is 1.55 bits per heavy atom. The molecule has 112 valence electrons. The van der Waals surface area contributed by atoms with Crippen LogP contribution in [0.25, 0.3) is 0 Å². The summed E-state index contributed by atoms with van der Waals surface area (Å²) in [4.78, 5) is 3.95. The van der Waals surface area contributed by atoms with Crippen molar-refractivity contribution >= 4 is 31.8 Å². The lowest BCUT2D eigenvalue weighted by Gasteiger charge is -2.33. The van der Waals surface area contributed by atoms with Gasteiger partial charge < -0.3 is 10.2 Å². The molecule has 1 unspecified atom stereocenters. The van der Waals surface area contributed by atoms with E-state index in [1.54, 1.807) is 0 Å². The van der Waals surface area contributed by atoms with Gasteiger partial charge in [0.05, 0.1) is 12.1 Å². The van der Waals surface area contributed by atoms with Crippen LogP contribution in [0.5, 0.6) is 0 Å². The molecule has 2 rings (SSSR count). The molecule has 0 spiro atoms. The molecular formula is C11H17BrN4O3S. The summed E-state index contributed by atoms with van der Waals surface area (Å²) in [7, 11) is -3.75. The molecule has 4 N–H and O–H groups in total. The smallest absolute Gasteiger partial charge is 0.244 e. The first-order chi connectivity index (χ1) is 9.36. The van der Waals surface area contributed by atoms with Crippen LogP contribution in [0.3, 0.4) is 0 Å². The first-order valence-electron chi connectivity index (χ1n) is 6.10. The third kappa shape index (κ3) is 3.47. The van der Waals surface area contributed by atoms with Crippen LogP contribution >= 0.6 is 15.9 Å². The molecule has 1 atom stereocenters. The normalized spacial score (nSPS) is 23.6. The number of aromatic nitrogens is 1. The lowest BCUT2D eigenvalue weighted by molar-refractivity contribution is 0.0386. The largest absolute Gasteiger partial charge is 0.380 e. The molecule has 0 radical (unpaired) electrons. The Hall–Kier alpha value is -0.740. The van der Waals surface area contributed by atoms with Crippen LogP contribution in [-0.2, 0) is 14.8 Å². The Bertz CT molecular complexity index is 587. The fourth-order valence-electron chi connectivity index (χ4n) is 2.13. The number of nitrogens with zero attached hydrogens (tertiary/aromatic N) is 1. The van der Waals surface area contributed by atoms with Gasteiger partial charge in [-0.05, 0) is 41.8 Å². The second-order valence-corrected chi connectivity index (χ2v) is 7.53. The predicted molar refractivity (Wildman–Crippen MR) is 78.5 cm³/mol. The summed E-state index contributed by atoms with van der Waals surface area (Å²) in [5, 5.41) is 0. The van der Waals surface area contributed by atoms with E-state index in [1.165, 1.54) is 12.3 Å². The van der Waals surface area contributed by atoms with Gasteiger partial charge in [-0.3, -0.25) is 0 Å². The molecule has 0 bridgehead atoms. The highest BCUT2D eigenvalue weighted by Gasteiger charge is 2.34. The third-order valence-corrected chi connectivity index (χ3v) is 5.15. The molecule has 7 nitrogen and oxygen atoms in total. The summed E-state index contributed by atoms with van der Waals surface area (Å²) >= 11 is 3.21. The minimum atomic E-state index is -3.75. The summed E-state index contributed by atoms with van der Waals surface area (Å²) in [5.74, 6) is 5.42. The molecule has 2 heterocycles. The van der Waals surface area contributed by atoms with E-state index in [2.05, 4.69) is 31.1 Å². The van der Waals surface area contributed by atoms with Crippen LogP contribution in [-0.4, -0.2) is 32.2 Å². The lowest BCUT2D eigenvalue weighted by atomic mass is 9.97. The van der Waals surface area contributed by atoms with Crippen molar-refractivity contribution < 1.29 is 13.2 Å². The number of nitrogens with two attached hydrogens (primary N) is 1. The average Bonchev–Trinajstić information content (AvgIpc) is 2.38. The summed E-state index contributed by atoms with van der Waals surface area (Å²) in [6.07, 6.45) is 3.01. The maximum absolute atomic E-state index is 12.5. The first kappa shape index (κ1) is 15.6. The zero-order valence-electron chi connectivity index (χ0n) is 11.0. The number of hydrazine groups is 1. The van der Waals surface area contributed by atoms with Crippen LogP contribution in [0.15, 0.2) is 21.6 Å². The van der Waals surface area contributed by atoms with E-state index in [-0.39, 0.29) is 10.7 Å². The van der Waals surface area contributed by atoms with Crippen molar-refractivity contribution in [2.24, 2.45) is 5.84 Å². The molecule has 9 heteroatoms. The number of hydrogen-bond donors (Lipinski definition) is 3. The number of anilines is 1. The second kappa shape index (κ2) is 5.94. The number of rotatable bonds is 4. The fraction of sp³-hybridized carbons (Fsp3) is 0.545. The Labute approximate surface area is 126 Å². The van der Waals surface area contributed by atoms with E-state index in [1.807, 2.05) is 6.92 Å². The number of halogens is 1. The highest BCUT2D eigenvalue weighted by atomic mass is 79.9. The van der Waals surface area contributed by atoms with E-state index >= 15 is 0 Å². The molecule has 1 saturated heterocycles. The Morgan fingerprint density at radius 2 is 2.30 bits per heavy atom. The van der Waals surface area contributed by atoms with Crippen LogP contribution in [0.2, 0.25) is 0 Å². The van der Waals surface area contributed by atoms with Crippen molar-refractivity contribution in [3.63, 3.8) is 0 Å². The number of nitrogen functional groups attached to an aromatic ring is 1. The zero-order valence-corrected chi connectivity index (χ0v) is 13.4. The van der Waals surface area contributed by atoms with Crippen molar-refractivity contribution in [3.05, 3.63) is 16.7 Å². The molecule has 1 fully saturated rings. The van der Waals surface area contributed by atoms with Crippen molar-refractivity contribution in [2.75, 3.05) is 18.6 Å². The van der Waals surface area contributed by atoms with Crippen LogP contribution < -0.4 is 16.0 Å². The molecule has 1 aromatic heterocycles. The summed E-state index contributed by atoms with van der Waals surface area (Å²) in [6.45, 7) is 2.83. The molecule has 0 aromatic carbocycles. The number of ether oxygens (including phenoxy) is 1. The van der Waals surface area contributed by atoms with E-state index in [0.29, 0.717) is 17.7 Å². The number of nitrogens with one attached hydrogen (secondary N) is 2. The molecule has 1 aliphatic rings. The number of pyridine rings is 1. The van der Waals surface area contributed by atoms with Crippen molar-refractivity contribution in [1.82, 2.24) is 9.71 Å². The fourth-order valence-corrected chi connectivity index (χ4v) is 4.18. The van der Waals surface area contributed by atoms with Gasteiger partial charge in [0.1, 0.15) is 4.90 Å². The monoisotopic (exact) mass is 364 g/mol. The van der Waals surface area contributed by atoms with Crippen LogP contribution in [0.1, 0.15) is 19.8 Å². The van der Waals surface area contributed by atoms with Crippen molar-refractivity contribution in [3.8, 4) is 0 Å². The van der Waals surface area contributed by atoms with Crippen molar-refractivity contribution in [1.29, 1.82) is 0 Å². The number of sulfonamides is 1. The highest BCUT2D eigenvalue weighted by molar-refractivity contribution is 9.10. The molecule has 0 aliphatic carbocycles. The Kier molecular flexibility index (Phi) is 4.65. The highest BCUT2D eigenvalue weighted by Crippen LogP contribution is 2.26. The van der Waals surface area contributed by atoms with Crippen LogP contribution in [0.4, 0.5) is 5.82 Å². The summed E-state index contributed by atoms with van der Waals surface area (Å²) < 4.78 is 33.6. The minimum Gasteiger partial charge on any atom is -0.380 e. The Morgan fingerprint density at radius 3 is 2.90 bits per heavy atom. The van der Waals surface area contributed by atoms with E-state index in [0.717, 1.165) is 12.8 Å². The van der Waals surface area contributed by atoms with Gasteiger partial charge in [-0.1, -0.05) is 0 Å². The van der Waals surface area contributed by atoms with Gasteiger partial charge in [0.2, 0.25) is 10.0 Å². The second-order valence-electron chi connectivity index (χ2n) is 4.97. The van der Waals surface area contributed by atoms with Gasteiger partial charge in [-0.25, -0.2) is 24.0 Å². The maximum atomic E-state index is 12.5. The van der Waals surface area contributed by atoms with Crippen LogP contribution in [0, 0.1) is 0 Å². The van der Waals surface area contributed by atoms with E-state index in [4.69, 9.17) is 10.6 Å². The van der Waals surface area contributed by atoms with E-state index < -0.39 is 15.6 Å². The lowest BCUT2D eigenvalue weighted by Crippen LogP contribution is -2.51. The third-order valence-electron chi connectivity index (χ3n) is 3.06.